The zero-order chi connectivity index (χ0) is 21.1. The molecule has 4 rings (SSSR count). The number of nitrogens with one attached hydrogen (secondary N) is 1. The largest absolute Gasteiger partial charge is 0.491 e. The quantitative estimate of drug-likeness (QED) is 0.664. The van der Waals surface area contributed by atoms with Crippen LogP contribution in [-0.4, -0.2) is 82.6 Å². The average molecular weight is 414 g/mol. The molecule has 1 aromatic heterocycles. The van der Waals surface area contributed by atoms with E-state index in [4.69, 9.17) is 4.74 Å². The summed E-state index contributed by atoms with van der Waals surface area (Å²) in [5.74, 6) is 0.830. The lowest BCUT2D eigenvalue weighted by Crippen LogP contribution is -2.51. The van der Waals surface area contributed by atoms with Crippen molar-refractivity contribution in [2.75, 3.05) is 45.9 Å². The third-order valence-corrected chi connectivity index (χ3v) is 5.69. The number of hydrogen-bond donors (Lipinski definition) is 2. The van der Waals surface area contributed by atoms with E-state index >= 15 is 0 Å². The Morgan fingerprint density at radius 3 is 2.67 bits per heavy atom. The van der Waals surface area contributed by atoms with Crippen LogP contribution in [0.1, 0.15) is 23.0 Å². The summed E-state index contributed by atoms with van der Waals surface area (Å²) in [4.78, 5) is 15.8. The molecule has 2 aromatic rings. The minimum Gasteiger partial charge on any atom is -0.491 e. The Balaban J connectivity index is 1.17. The molecule has 0 spiro atoms. The third-order valence-electron chi connectivity index (χ3n) is 5.69. The second kappa shape index (κ2) is 9.16. The molecule has 2 fully saturated rings. The van der Waals surface area contributed by atoms with Gasteiger partial charge in [0.25, 0.3) is 0 Å². The first-order valence-electron chi connectivity index (χ1n) is 10.6. The summed E-state index contributed by atoms with van der Waals surface area (Å²) < 4.78 is 7.85. The molecule has 1 aromatic carbocycles. The van der Waals surface area contributed by atoms with Crippen molar-refractivity contribution in [3.63, 3.8) is 0 Å². The lowest BCUT2D eigenvalue weighted by molar-refractivity contribution is -0.124. The summed E-state index contributed by atoms with van der Waals surface area (Å²) in [7, 11) is 0. The van der Waals surface area contributed by atoms with Gasteiger partial charge in [-0.1, -0.05) is 12.1 Å². The average Bonchev–Trinajstić information content (AvgIpc) is 3.01. The zero-order valence-electron chi connectivity index (χ0n) is 17.8. The van der Waals surface area contributed by atoms with Crippen molar-refractivity contribution >= 4 is 5.91 Å². The molecule has 8 heteroatoms. The number of aromatic nitrogens is 2. The maximum atomic E-state index is 11.5. The van der Waals surface area contributed by atoms with Gasteiger partial charge in [0.15, 0.2) is 0 Å². The molecule has 162 valence electrons. The Labute approximate surface area is 177 Å². The maximum Gasteiger partial charge on any atom is 0.234 e. The predicted octanol–water partition coefficient (Wildman–Crippen LogP) is 0.728. The lowest BCUT2D eigenvalue weighted by atomic mass is 10.1. The number of carbonyl (C=O) groups is 1. The van der Waals surface area contributed by atoms with Crippen LogP contribution in [0.4, 0.5) is 0 Å². The van der Waals surface area contributed by atoms with Crippen molar-refractivity contribution in [2.45, 2.75) is 32.5 Å². The van der Waals surface area contributed by atoms with Crippen LogP contribution in [0.25, 0.3) is 0 Å². The highest BCUT2D eigenvalue weighted by Gasteiger charge is 2.31. The number of nitrogens with zero attached hydrogens (tertiary/aromatic N) is 4. The van der Waals surface area contributed by atoms with E-state index in [-0.39, 0.29) is 12.5 Å². The topological polar surface area (TPSA) is 82.9 Å². The smallest absolute Gasteiger partial charge is 0.234 e. The summed E-state index contributed by atoms with van der Waals surface area (Å²) in [6.45, 7) is 9.55. The fraction of sp³-hybridized carbons (Fsp3) is 0.545. The van der Waals surface area contributed by atoms with Gasteiger partial charge in [0.1, 0.15) is 18.5 Å². The number of aliphatic hydroxyl groups is 1. The van der Waals surface area contributed by atoms with Gasteiger partial charge in [0.2, 0.25) is 5.91 Å². The Morgan fingerprint density at radius 2 is 2.00 bits per heavy atom. The molecular weight excluding hydrogens is 382 g/mol. The molecule has 8 nitrogen and oxygen atoms in total. The molecule has 0 radical (unpaired) electrons. The molecular formula is C22H31N5O3. The number of aliphatic hydroxyl groups excluding tert-OH is 1. The van der Waals surface area contributed by atoms with E-state index in [0.717, 1.165) is 43.2 Å². The summed E-state index contributed by atoms with van der Waals surface area (Å²) in [5, 5.41) is 17.7. The summed E-state index contributed by atoms with van der Waals surface area (Å²) in [5.41, 5.74) is 3.38. The molecule has 0 saturated carbocycles. The Bertz CT molecular complexity index is 860. The van der Waals surface area contributed by atoms with Gasteiger partial charge in [0.05, 0.1) is 18.3 Å². The molecule has 2 aliphatic heterocycles. The van der Waals surface area contributed by atoms with Crippen LogP contribution in [-0.2, 0) is 11.3 Å². The number of likely N-dealkylation sites (tertiary alicyclic amines) is 1. The summed E-state index contributed by atoms with van der Waals surface area (Å²) >= 11 is 0. The second-order valence-corrected chi connectivity index (χ2v) is 8.41. The molecule has 30 heavy (non-hydrogen) atoms. The van der Waals surface area contributed by atoms with Crippen molar-refractivity contribution in [2.24, 2.45) is 0 Å². The van der Waals surface area contributed by atoms with E-state index in [0.29, 0.717) is 25.7 Å². The molecule has 0 aliphatic carbocycles. The molecule has 2 saturated heterocycles. The SMILES string of the molecule is Cc1cc(C)n(C2CN(CC(O)COc3ccc(CN4CCNC(=O)C4)cc3)C2)n1. The molecule has 1 atom stereocenters. The maximum absolute atomic E-state index is 11.5. The number of rotatable bonds is 8. The van der Waals surface area contributed by atoms with E-state index < -0.39 is 6.10 Å². The Kier molecular flexibility index (Phi) is 6.36. The number of hydrogen-bond acceptors (Lipinski definition) is 6. The van der Waals surface area contributed by atoms with Gasteiger partial charge in [-0.25, -0.2) is 0 Å². The van der Waals surface area contributed by atoms with Gasteiger partial charge in [0, 0.05) is 45.0 Å². The number of aryl methyl sites for hydroxylation is 2. The first-order chi connectivity index (χ1) is 14.5. The third kappa shape index (κ3) is 5.19. The summed E-state index contributed by atoms with van der Waals surface area (Å²) in [6.07, 6.45) is -0.530. The Hall–Kier alpha value is -2.42. The van der Waals surface area contributed by atoms with Crippen molar-refractivity contribution in [1.82, 2.24) is 24.9 Å². The number of benzene rings is 1. The molecule has 2 N–H and O–H groups in total. The second-order valence-electron chi connectivity index (χ2n) is 8.41. The highest BCUT2D eigenvalue weighted by Crippen LogP contribution is 2.23. The lowest BCUT2D eigenvalue weighted by Gasteiger charge is -2.40. The monoisotopic (exact) mass is 413 g/mol. The van der Waals surface area contributed by atoms with Gasteiger partial charge in [-0.3, -0.25) is 19.3 Å². The zero-order valence-corrected chi connectivity index (χ0v) is 17.8. The van der Waals surface area contributed by atoms with Crippen LogP contribution in [0.15, 0.2) is 30.3 Å². The van der Waals surface area contributed by atoms with Crippen LogP contribution in [0.2, 0.25) is 0 Å². The van der Waals surface area contributed by atoms with Gasteiger partial charge >= 0.3 is 0 Å². The highest BCUT2D eigenvalue weighted by molar-refractivity contribution is 5.78. The summed E-state index contributed by atoms with van der Waals surface area (Å²) in [6, 6.07) is 10.4. The predicted molar refractivity (Wildman–Crippen MR) is 113 cm³/mol. The normalized spacial score (nSPS) is 19.4. The minimum absolute atomic E-state index is 0.0820. The van der Waals surface area contributed by atoms with Gasteiger partial charge in [-0.15, -0.1) is 0 Å². The minimum atomic E-state index is -0.530. The fourth-order valence-corrected chi connectivity index (χ4v) is 4.18. The van der Waals surface area contributed by atoms with Gasteiger partial charge < -0.3 is 15.2 Å². The molecule has 1 amide bonds. The molecule has 1 unspecified atom stereocenters. The molecule has 3 heterocycles. The van der Waals surface area contributed by atoms with Gasteiger partial charge in [-0.05, 0) is 37.6 Å². The van der Waals surface area contributed by atoms with E-state index in [1.807, 2.05) is 31.2 Å². The van der Waals surface area contributed by atoms with Crippen molar-refractivity contribution in [1.29, 1.82) is 0 Å². The van der Waals surface area contributed by atoms with E-state index in [1.54, 1.807) is 0 Å². The number of ether oxygens (including phenoxy) is 1. The van der Waals surface area contributed by atoms with Crippen molar-refractivity contribution < 1.29 is 14.6 Å². The first-order valence-corrected chi connectivity index (χ1v) is 10.6. The van der Waals surface area contributed by atoms with Crippen molar-refractivity contribution in [3.8, 4) is 5.75 Å². The van der Waals surface area contributed by atoms with Gasteiger partial charge in [-0.2, -0.15) is 5.10 Å². The fourth-order valence-electron chi connectivity index (χ4n) is 4.18. The van der Waals surface area contributed by atoms with Crippen LogP contribution >= 0.6 is 0 Å². The number of carbonyl (C=O) groups excluding carboxylic acids is 1. The van der Waals surface area contributed by atoms with Crippen LogP contribution in [0.3, 0.4) is 0 Å². The van der Waals surface area contributed by atoms with Crippen molar-refractivity contribution in [3.05, 3.63) is 47.3 Å². The van der Waals surface area contributed by atoms with Crippen LogP contribution in [0, 0.1) is 13.8 Å². The van der Waals surface area contributed by atoms with E-state index in [9.17, 15) is 9.90 Å². The molecule has 2 aliphatic rings. The van der Waals surface area contributed by atoms with E-state index in [2.05, 4.69) is 37.9 Å². The first kappa shape index (κ1) is 20.8. The highest BCUT2D eigenvalue weighted by atomic mass is 16.5. The standard InChI is InChI=1S/C22H31N5O3/c1-16-9-17(2)27(24-16)19-11-26(12-19)13-20(28)15-30-21-5-3-18(4-6-21)10-25-8-7-23-22(29)14-25/h3-6,9,19-20,28H,7-8,10-15H2,1-2H3,(H,23,29). The number of β-amino-alcohol motifs (C(OH)–C–C–N with tert-alkyl or cyclic N) is 1. The molecule has 0 bridgehead atoms. The number of amides is 1. The van der Waals surface area contributed by atoms with E-state index in [1.165, 1.54) is 5.69 Å². The number of piperazine rings is 1. The van der Waals surface area contributed by atoms with Crippen LogP contribution in [0.5, 0.6) is 5.75 Å². The van der Waals surface area contributed by atoms with Crippen LogP contribution < -0.4 is 10.1 Å². The Morgan fingerprint density at radius 1 is 1.23 bits per heavy atom.